The fourth-order valence-corrected chi connectivity index (χ4v) is 5.81. The fourth-order valence-electron chi connectivity index (χ4n) is 3.71. The second-order valence-corrected chi connectivity index (χ2v) is 10.3. The molecule has 2 aromatic carbocycles. The first-order valence-corrected chi connectivity index (χ1v) is 11.9. The number of rotatable bonds is 6. The summed E-state index contributed by atoms with van der Waals surface area (Å²) in [4.78, 5) is 25.1. The van der Waals surface area contributed by atoms with Crippen LogP contribution in [0.25, 0.3) is 11.0 Å². The number of benzene rings is 2. The summed E-state index contributed by atoms with van der Waals surface area (Å²) in [6.07, 6.45) is 0.370. The minimum Gasteiger partial charge on any atom is -0.484 e. The van der Waals surface area contributed by atoms with Gasteiger partial charge in [0.15, 0.2) is 16.4 Å². The van der Waals surface area contributed by atoms with Gasteiger partial charge in [0.05, 0.1) is 22.4 Å². The van der Waals surface area contributed by atoms with Crippen LogP contribution < -0.4 is 20.2 Å². The molecule has 1 fully saturated rings. The van der Waals surface area contributed by atoms with E-state index in [1.165, 1.54) is 6.07 Å². The molecule has 8 nitrogen and oxygen atoms in total. The van der Waals surface area contributed by atoms with Crippen molar-refractivity contribution in [2.24, 2.45) is 0 Å². The molecule has 0 spiro atoms. The average molecular weight is 458 g/mol. The van der Waals surface area contributed by atoms with Crippen molar-refractivity contribution in [3.63, 3.8) is 0 Å². The van der Waals surface area contributed by atoms with Crippen LogP contribution in [-0.2, 0) is 14.6 Å². The molecule has 1 aromatic heterocycles. The number of nitrogens with one attached hydrogen (secondary N) is 1. The molecule has 2 heterocycles. The van der Waals surface area contributed by atoms with Gasteiger partial charge < -0.3 is 19.2 Å². The molecular formula is C23H23NO7S. The normalized spacial score (nSPS) is 19.6. The van der Waals surface area contributed by atoms with E-state index in [0.717, 1.165) is 0 Å². The van der Waals surface area contributed by atoms with E-state index in [2.05, 4.69) is 5.32 Å². The zero-order chi connectivity index (χ0) is 22.9. The van der Waals surface area contributed by atoms with Gasteiger partial charge in [0.2, 0.25) is 11.2 Å². The quantitative estimate of drug-likeness (QED) is 0.606. The van der Waals surface area contributed by atoms with Gasteiger partial charge in [-0.2, -0.15) is 0 Å². The summed E-state index contributed by atoms with van der Waals surface area (Å²) in [6, 6.07) is 13.6. The summed E-state index contributed by atoms with van der Waals surface area (Å²) in [5.74, 6) is 0.846. The van der Waals surface area contributed by atoms with Gasteiger partial charge in [-0.25, -0.2) is 8.42 Å². The smallest absolute Gasteiger partial charge is 0.258 e. The molecule has 3 aromatic rings. The number of hydrogen-bond acceptors (Lipinski definition) is 7. The molecule has 1 atom stereocenters. The third kappa shape index (κ3) is 4.77. The van der Waals surface area contributed by atoms with E-state index in [1.807, 2.05) is 6.07 Å². The van der Waals surface area contributed by atoms with Crippen LogP contribution >= 0.6 is 0 Å². The van der Waals surface area contributed by atoms with E-state index in [-0.39, 0.29) is 29.3 Å². The number of carbonyl (C=O) groups is 1. The lowest BCUT2D eigenvalue weighted by molar-refractivity contribution is -0.124. The van der Waals surface area contributed by atoms with Gasteiger partial charge in [-0.3, -0.25) is 9.59 Å². The Labute approximate surface area is 185 Å². The van der Waals surface area contributed by atoms with Crippen molar-refractivity contribution in [1.29, 1.82) is 0 Å². The van der Waals surface area contributed by atoms with Crippen LogP contribution in [-0.4, -0.2) is 38.0 Å². The summed E-state index contributed by atoms with van der Waals surface area (Å²) < 4.78 is 40.4. The molecule has 1 unspecified atom stereocenters. The summed E-state index contributed by atoms with van der Waals surface area (Å²) >= 11 is 0. The minimum atomic E-state index is -3.13. The standard InChI is InChI=1S/C23H23NO7S/c1-15-22(31-16-6-4-3-5-7-16)21(26)18-9-8-17(12-19(18)30-15)29-13-20(25)24-23(2)10-11-32(27,28)14-23/h3-9,12H,10-11,13-14H2,1-2H3,(H,24,25). The predicted octanol–water partition coefficient (Wildman–Crippen LogP) is 2.97. The van der Waals surface area contributed by atoms with Crippen LogP contribution in [0.2, 0.25) is 0 Å². The van der Waals surface area contributed by atoms with E-state index in [4.69, 9.17) is 13.9 Å². The molecule has 168 valence electrons. The SMILES string of the molecule is Cc1oc2cc(OCC(=O)NC3(C)CCS(=O)(=O)C3)ccc2c(=O)c1Oc1ccccc1. The lowest BCUT2D eigenvalue weighted by atomic mass is 10.0. The maximum absolute atomic E-state index is 12.9. The Kier molecular flexibility index (Phi) is 5.68. The van der Waals surface area contributed by atoms with Gasteiger partial charge in [-0.1, -0.05) is 18.2 Å². The van der Waals surface area contributed by atoms with E-state index >= 15 is 0 Å². The van der Waals surface area contributed by atoms with Crippen LogP contribution in [0.5, 0.6) is 17.2 Å². The number of para-hydroxylation sites is 1. The largest absolute Gasteiger partial charge is 0.484 e. The van der Waals surface area contributed by atoms with Crippen molar-refractivity contribution in [2.75, 3.05) is 18.1 Å². The number of aryl methyl sites for hydroxylation is 1. The Balaban J connectivity index is 1.47. The second kappa shape index (κ2) is 8.31. The summed E-state index contributed by atoms with van der Waals surface area (Å²) in [5, 5.41) is 3.06. The highest BCUT2D eigenvalue weighted by Gasteiger charge is 2.39. The highest BCUT2D eigenvalue weighted by molar-refractivity contribution is 7.91. The maximum Gasteiger partial charge on any atom is 0.258 e. The summed E-state index contributed by atoms with van der Waals surface area (Å²) in [6.45, 7) is 3.05. The summed E-state index contributed by atoms with van der Waals surface area (Å²) in [7, 11) is -3.13. The van der Waals surface area contributed by atoms with E-state index in [1.54, 1.807) is 50.2 Å². The lowest BCUT2D eigenvalue weighted by Gasteiger charge is -2.23. The Morgan fingerprint density at radius 2 is 1.91 bits per heavy atom. The van der Waals surface area contributed by atoms with Crippen LogP contribution in [0.1, 0.15) is 19.1 Å². The molecule has 9 heteroatoms. The molecule has 0 bridgehead atoms. The zero-order valence-corrected chi connectivity index (χ0v) is 18.5. The van der Waals surface area contributed by atoms with Crippen LogP contribution in [0, 0.1) is 6.92 Å². The molecule has 4 rings (SSSR count). The fraction of sp³-hybridized carbons (Fsp3) is 0.304. The highest BCUT2D eigenvalue weighted by atomic mass is 32.2. The molecule has 0 saturated carbocycles. The van der Waals surface area contributed by atoms with Crippen molar-refractivity contribution in [1.82, 2.24) is 5.32 Å². The number of ether oxygens (including phenoxy) is 2. The molecule has 1 N–H and O–H groups in total. The van der Waals surface area contributed by atoms with Gasteiger partial charge in [0.1, 0.15) is 22.8 Å². The molecule has 1 amide bonds. The van der Waals surface area contributed by atoms with Gasteiger partial charge in [0.25, 0.3) is 5.91 Å². The van der Waals surface area contributed by atoms with Crippen molar-refractivity contribution < 1.29 is 27.1 Å². The topological polar surface area (TPSA) is 112 Å². The van der Waals surface area contributed by atoms with E-state index < -0.39 is 21.3 Å². The number of carbonyl (C=O) groups excluding carboxylic acids is 1. The Hall–Kier alpha value is -3.33. The van der Waals surface area contributed by atoms with Gasteiger partial charge in [-0.15, -0.1) is 0 Å². The van der Waals surface area contributed by atoms with E-state index in [9.17, 15) is 18.0 Å². The first kappa shape index (κ1) is 21.9. The molecular weight excluding hydrogens is 434 g/mol. The molecule has 32 heavy (non-hydrogen) atoms. The third-order valence-electron chi connectivity index (χ3n) is 5.26. The first-order chi connectivity index (χ1) is 15.1. The minimum absolute atomic E-state index is 0.0592. The number of amides is 1. The average Bonchev–Trinajstić information content (AvgIpc) is 3.02. The van der Waals surface area contributed by atoms with Crippen LogP contribution in [0.15, 0.2) is 57.7 Å². The number of hydrogen-bond donors (Lipinski definition) is 1. The molecule has 1 aliphatic rings. The molecule has 1 aliphatic heterocycles. The highest BCUT2D eigenvalue weighted by Crippen LogP contribution is 2.27. The van der Waals surface area contributed by atoms with Crippen molar-refractivity contribution in [2.45, 2.75) is 25.8 Å². The third-order valence-corrected chi connectivity index (χ3v) is 7.17. The van der Waals surface area contributed by atoms with Gasteiger partial charge in [0, 0.05) is 6.07 Å². The van der Waals surface area contributed by atoms with Gasteiger partial charge in [-0.05, 0) is 44.5 Å². The Morgan fingerprint density at radius 1 is 1.16 bits per heavy atom. The number of sulfone groups is 1. The Morgan fingerprint density at radius 3 is 2.59 bits per heavy atom. The lowest BCUT2D eigenvalue weighted by Crippen LogP contribution is -2.48. The second-order valence-electron chi connectivity index (χ2n) is 8.13. The number of fused-ring (bicyclic) bond motifs is 1. The monoisotopic (exact) mass is 457 g/mol. The van der Waals surface area contributed by atoms with Crippen LogP contribution in [0.4, 0.5) is 0 Å². The van der Waals surface area contributed by atoms with E-state index in [0.29, 0.717) is 34.6 Å². The molecule has 1 saturated heterocycles. The van der Waals surface area contributed by atoms with Crippen molar-refractivity contribution in [3.05, 3.63) is 64.5 Å². The van der Waals surface area contributed by atoms with Crippen LogP contribution in [0.3, 0.4) is 0 Å². The molecule has 0 radical (unpaired) electrons. The predicted molar refractivity (Wildman–Crippen MR) is 119 cm³/mol. The zero-order valence-electron chi connectivity index (χ0n) is 17.7. The first-order valence-electron chi connectivity index (χ1n) is 10.1. The summed E-state index contributed by atoms with van der Waals surface area (Å²) in [5.41, 5.74) is -0.797. The van der Waals surface area contributed by atoms with Crippen molar-refractivity contribution >= 4 is 26.7 Å². The maximum atomic E-state index is 12.9. The van der Waals surface area contributed by atoms with Crippen molar-refractivity contribution in [3.8, 4) is 17.2 Å². The van der Waals surface area contributed by atoms with Gasteiger partial charge >= 0.3 is 0 Å². The Bertz CT molecular complexity index is 1330. The molecule has 0 aliphatic carbocycles.